The number of halogens is 3. The fourth-order valence-corrected chi connectivity index (χ4v) is 1.97. The maximum absolute atomic E-state index is 13.6. The normalized spacial score (nSPS) is 10.3. The minimum Gasteiger partial charge on any atom is -0.319 e. The molecule has 2 aromatic rings. The lowest BCUT2D eigenvalue weighted by atomic mass is 10.2. The second-order valence-corrected chi connectivity index (χ2v) is 4.71. The lowest BCUT2D eigenvalue weighted by molar-refractivity contribution is 0.102. The maximum Gasteiger partial charge on any atom is 0.255 e. The molecule has 1 N–H and O–H groups in total. The Morgan fingerprint density at radius 2 is 1.84 bits per heavy atom. The summed E-state index contributed by atoms with van der Waals surface area (Å²) in [7, 11) is 0. The monoisotopic (exact) mass is 298 g/mol. The second-order valence-electron chi connectivity index (χ2n) is 3.94. The maximum atomic E-state index is 13.6. The first-order valence-corrected chi connectivity index (χ1v) is 6.12. The molecule has 0 atom stereocenters. The van der Waals surface area contributed by atoms with Crippen LogP contribution < -0.4 is 5.32 Å². The summed E-state index contributed by atoms with van der Waals surface area (Å²) in [5.41, 5.74) is 1.08. The first kappa shape index (κ1) is 13.8. The van der Waals surface area contributed by atoms with Crippen LogP contribution in [0.3, 0.4) is 0 Å². The van der Waals surface area contributed by atoms with E-state index < -0.39 is 11.7 Å². The third-order valence-corrected chi connectivity index (χ3v) is 2.79. The van der Waals surface area contributed by atoms with Crippen molar-refractivity contribution in [1.29, 1.82) is 0 Å². The number of pyridine rings is 1. The number of benzene rings is 1. The van der Waals surface area contributed by atoms with Crippen LogP contribution in [-0.2, 0) is 0 Å². The largest absolute Gasteiger partial charge is 0.319 e. The van der Waals surface area contributed by atoms with Crippen LogP contribution in [0, 0.1) is 12.7 Å². The zero-order valence-electron chi connectivity index (χ0n) is 9.88. The highest BCUT2D eigenvalue weighted by atomic mass is 35.5. The van der Waals surface area contributed by atoms with E-state index in [4.69, 9.17) is 23.2 Å². The predicted octanol–water partition coefficient (Wildman–Crippen LogP) is 4.09. The number of hydrogen-bond acceptors (Lipinski definition) is 2. The van der Waals surface area contributed by atoms with E-state index >= 15 is 0 Å². The fraction of sp³-hybridized carbons (Fsp3) is 0.0769. The Balaban J connectivity index is 2.25. The molecule has 0 saturated heterocycles. The molecule has 6 heteroatoms. The summed E-state index contributed by atoms with van der Waals surface area (Å²) in [5.74, 6) is -1.01. The molecule has 0 aliphatic heterocycles. The predicted molar refractivity (Wildman–Crippen MR) is 73.3 cm³/mol. The van der Waals surface area contributed by atoms with Gasteiger partial charge in [-0.25, -0.2) is 9.37 Å². The number of carbonyl (C=O) groups is 1. The van der Waals surface area contributed by atoms with E-state index in [-0.39, 0.29) is 21.6 Å². The van der Waals surface area contributed by atoms with Gasteiger partial charge in [0.1, 0.15) is 16.1 Å². The molecule has 98 valence electrons. The Morgan fingerprint density at radius 3 is 2.42 bits per heavy atom. The van der Waals surface area contributed by atoms with Crippen LogP contribution in [0.1, 0.15) is 15.9 Å². The van der Waals surface area contributed by atoms with Gasteiger partial charge >= 0.3 is 0 Å². The van der Waals surface area contributed by atoms with Crippen LogP contribution in [0.15, 0.2) is 30.3 Å². The highest BCUT2D eigenvalue weighted by molar-refractivity contribution is 6.33. The van der Waals surface area contributed by atoms with E-state index in [9.17, 15) is 9.18 Å². The molecule has 0 spiro atoms. The minimum atomic E-state index is -0.506. The van der Waals surface area contributed by atoms with Crippen molar-refractivity contribution in [3.63, 3.8) is 0 Å². The molecular weight excluding hydrogens is 290 g/mol. The molecule has 0 aliphatic carbocycles. The van der Waals surface area contributed by atoms with Crippen molar-refractivity contribution in [2.45, 2.75) is 6.92 Å². The Bertz CT molecular complexity index is 626. The van der Waals surface area contributed by atoms with E-state index in [1.807, 2.05) is 0 Å². The Kier molecular flexibility index (Phi) is 4.02. The lowest BCUT2D eigenvalue weighted by Gasteiger charge is -2.07. The smallest absolute Gasteiger partial charge is 0.255 e. The molecule has 1 heterocycles. The van der Waals surface area contributed by atoms with Gasteiger partial charge in [0, 0.05) is 5.56 Å². The number of amides is 1. The molecule has 0 radical (unpaired) electrons. The van der Waals surface area contributed by atoms with Gasteiger partial charge in [0.05, 0.1) is 5.69 Å². The minimum absolute atomic E-state index is 0.0969. The van der Waals surface area contributed by atoms with Crippen LogP contribution in [0.5, 0.6) is 0 Å². The molecule has 0 unspecified atom stereocenters. The zero-order valence-corrected chi connectivity index (χ0v) is 11.4. The molecule has 1 aromatic carbocycles. The van der Waals surface area contributed by atoms with Crippen LogP contribution in [0.25, 0.3) is 0 Å². The van der Waals surface area contributed by atoms with Crippen molar-refractivity contribution in [3.8, 4) is 0 Å². The third-order valence-electron chi connectivity index (χ3n) is 2.40. The van der Waals surface area contributed by atoms with Crippen molar-refractivity contribution in [2.75, 3.05) is 5.32 Å². The van der Waals surface area contributed by atoms with Crippen molar-refractivity contribution in [1.82, 2.24) is 4.98 Å². The van der Waals surface area contributed by atoms with Gasteiger partial charge in [0.15, 0.2) is 0 Å². The van der Waals surface area contributed by atoms with Crippen molar-refractivity contribution >= 4 is 34.8 Å². The van der Waals surface area contributed by atoms with Crippen molar-refractivity contribution < 1.29 is 9.18 Å². The summed E-state index contributed by atoms with van der Waals surface area (Å²) in [6.45, 7) is 1.76. The van der Waals surface area contributed by atoms with E-state index in [0.29, 0.717) is 0 Å². The lowest BCUT2D eigenvalue weighted by Crippen LogP contribution is -2.13. The first-order valence-electron chi connectivity index (χ1n) is 5.36. The molecule has 0 saturated carbocycles. The average Bonchev–Trinajstić information content (AvgIpc) is 2.31. The van der Waals surface area contributed by atoms with E-state index in [0.717, 1.165) is 5.56 Å². The number of nitrogens with zero attached hydrogens (tertiary/aromatic N) is 1. The average molecular weight is 299 g/mol. The van der Waals surface area contributed by atoms with Crippen LogP contribution in [0.4, 0.5) is 10.1 Å². The van der Waals surface area contributed by atoms with Crippen LogP contribution in [0.2, 0.25) is 10.3 Å². The van der Waals surface area contributed by atoms with Gasteiger partial charge in [-0.1, -0.05) is 29.3 Å². The van der Waals surface area contributed by atoms with Gasteiger partial charge in [-0.05, 0) is 36.8 Å². The Morgan fingerprint density at radius 1 is 1.21 bits per heavy atom. The summed E-state index contributed by atoms with van der Waals surface area (Å²) in [6.07, 6.45) is 0. The van der Waals surface area contributed by atoms with Gasteiger partial charge in [-0.3, -0.25) is 4.79 Å². The number of carbonyl (C=O) groups excluding carboxylic acids is 1. The third kappa shape index (κ3) is 3.43. The van der Waals surface area contributed by atoms with Gasteiger partial charge in [-0.2, -0.15) is 0 Å². The van der Waals surface area contributed by atoms with E-state index in [1.165, 1.54) is 24.3 Å². The molecule has 0 bridgehead atoms. The van der Waals surface area contributed by atoms with Crippen molar-refractivity contribution in [2.24, 2.45) is 0 Å². The van der Waals surface area contributed by atoms with Gasteiger partial charge < -0.3 is 5.32 Å². The number of rotatable bonds is 2. The number of anilines is 1. The summed E-state index contributed by atoms with van der Waals surface area (Å²) in [6, 6.07) is 7.24. The first-order chi connectivity index (χ1) is 8.95. The molecule has 19 heavy (non-hydrogen) atoms. The topological polar surface area (TPSA) is 42.0 Å². The van der Waals surface area contributed by atoms with Crippen LogP contribution >= 0.6 is 23.2 Å². The Hall–Kier alpha value is -1.65. The quantitative estimate of drug-likeness (QED) is 0.849. The molecule has 1 aromatic heterocycles. The summed E-state index contributed by atoms with van der Waals surface area (Å²) < 4.78 is 13.6. The SMILES string of the molecule is Cc1ccc(NC(=O)c2cc(Cl)nc(Cl)c2)c(F)c1. The highest BCUT2D eigenvalue weighted by Crippen LogP contribution is 2.19. The molecular formula is C13H9Cl2FN2O. The highest BCUT2D eigenvalue weighted by Gasteiger charge is 2.11. The molecule has 3 nitrogen and oxygen atoms in total. The number of aromatic nitrogens is 1. The number of hydrogen-bond donors (Lipinski definition) is 1. The summed E-state index contributed by atoms with van der Waals surface area (Å²) in [4.78, 5) is 15.7. The van der Waals surface area contributed by atoms with Crippen molar-refractivity contribution in [3.05, 3.63) is 57.6 Å². The van der Waals surface area contributed by atoms with E-state index in [2.05, 4.69) is 10.3 Å². The second kappa shape index (κ2) is 5.55. The molecule has 0 fully saturated rings. The molecule has 1 amide bonds. The summed E-state index contributed by atoms with van der Waals surface area (Å²) in [5, 5.41) is 2.65. The van der Waals surface area contributed by atoms with Gasteiger partial charge in [0.25, 0.3) is 5.91 Å². The summed E-state index contributed by atoms with van der Waals surface area (Å²) >= 11 is 11.4. The Labute approximate surface area is 119 Å². The number of nitrogens with one attached hydrogen (secondary N) is 1. The molecule has 2 rings (SSSR count). The van der Waals surface area contributed by atoms with Crippen LogP contribution in [-0.4, -0.2) is 10.9 Å². The van der Waals surface area contributed by atoms with Gasteiger partial charge in [-0.15, -0.1) is 0 Å². The molecule has 0 aliphatic rings. The number of aryl methyl sites for hydroxylation is 1. The zero-order chi connectivity index (χ0) is 14.0. The van der Waals surface area contributed by atoms with Gasteiger partial charge in [0.2, 0.25) is 0 Å². The standard InChI is InChI=1S/C13H9Cl2FN2O/c1-7-2-3-10(9(16)4-7)17-13(19)8-5-11(14)18-12(15)6-8/h2-6H,1H3,(H,17,19). The van der Waals surface area contributed by atoms with E-state index in [1.54, 1.807) is 13.0 Å². The fourth-order valence-electron chi connectivity index (χ4n) is 1.51.